The van der Waals surface area contributed by atoms with Crippen molar-refractivity contribution in [3.63, 3.8) is 0 Å². The maximum Gasteiger partial charge on any atom is 0.278 e. The van der Waals surface area contributed by atoms with Crippen LogP contribution < -0.4 is 60.7 Å². The highest BCUT2D eigenvalue weighted by molar-refractivity contribution is 5.99. The zero-order chi connectivity index (χ0) is 101. The van der Waals surface area contributed by atoms with E-state index in [1.165, 1.54) is 110 Å². The van der Waals surface area contributed by atoms with Gasteiger partial charge in [-0.15, -0.1) is 0 Å². The summed E-state index contributed by atoms with van der Waals surface area (Å²) in [6.07, 6.45) is 20.7. The fourth-order valence-corrected chi connectivity index (χ4v) is 19.0. The van der Waals surface area contributed by atoms with E-state index in [9.17, 15) is 76.3 Å². The molecule has 39 heteroatoms. The van der Waals surface area contributed by atoms with E-state index in [1.807, 2.05) is 91.0 Å². The van der Waals surface area contributed by atoms with Gasteiger partial charge >= 0.3 is 0 Å². The number of methoxy groups -OCH3 is 3. The molecule has 0 unspecified atom stereocenters. The number of hydrogen-bond acceptors (Lipinski definition) is 23. The van der Waals surface area contributed by atoms with Gasteiger partial charge in [0.05, 0.1) is 44.0 Å². The van der Waals surface area contributed by atoms with Crippen molar-refractivity contribution < 1.29 is 108 Å². The summed E-state index contributed by atoms with van der Waals surface area (Å²) in [5.74, 6) is -14.5. The quantitative estimate of drug-likeness (QED) is 0.0690. The number of carbonyl (C=O) groups excluding carboxylic acids is 4. The Morgan fingerprint density at radius 3 is 0.764 bits per heavy atom. The van der Waals surface area contributed by atoms with Crippen LogP contribution in [0.3, 0.4) is 0 Å². The van der Waals surface area contributed by atoms with Crippen molar-refractivity contribution in [2.45, 2.75) is 61.2 Å². The molecular weight excluding hydrogens is 1890 g/mol. The monoisotopic (exact) mass is 1980 g/mol. The Morgan fingerprint density at radius 1 is 0.299 bits per heavy atom. The van der Waals surface area contributed by atoms with Crippen molar-refractivity contribution in [2.75, 3.05) is 114 Å². The van der Waals surface area contributed by atoms with Gasteiger partial charge in [0.1, 0.15) is 77.3 Å². The third-order valence-corrected chi connectivity index (χ3v) is 25.9. The topological polar surface area (TPSA) is 328 Å². The number of amides is 4. The van der Waals surface area contributed by atoms with Crippen LogP contribution in [0.4, 0.5) is 35.1 Å². The lowest BCUT2D eigenvalue weighted by Crippen LogP contribution is -2.58. The van der Waals surface area contributed by atoms with Crippen LogP contribution in [0.15, 0.2) is 287 Å². The molecule has 8 aliphatic heterocycles. The highest BCUT2D eigenvalue weighted by Crippen LogP contribution is 2.47. The summed E-state index contributed by atoms with van der Waals surface area (Å²) >= 11 is 0. The van der Waals surface area contributed by atoms with Gasteiger partial charge in [0.15, 0.2) is 92.0 Å². The van der Waals surface area contributed by atoms with Gasteiger partial charge in [-0.05, 0) is 114 Å². The summed E-state index contributed by atoms with van der Waals surface area (Å²) in [5, 5.41) is 49.6. The van der Waals surface area contributed by atoms with Crippen molar-refractivity contribution in [3.8, 4) is 46.0 Å². The highest BCUT2D eigenvalue weighted by atomic mass is 19.2. The molecular formula is C105H92F8N12O19. The van der Waals surface area contributed by atoms with Gasteiger partial charge in [-0.25, -0.2) is 17.6 Å². The molecule has 1 aliphatic carbocycles. The van der Waals surface area contributed by atoms with Gasteiger partial charge < -0.3 is 73.2 Å². The van der Waals surface area contributed by atoms with Crippen LogP contribution in [0.1, 0.15) is 123 Å². The third kappa shape index (κ3) is 18.5. The Balaban J connectivity index is 0.000000126. The molecule has 144 heavy (non-hydrogen) atoms. The molecule has 9 aliphatic rings. The predicted octanol–water partition coefficient (Wildman–Crippen LogP) is 12.5. The van der Waals surface area contributed by atoms with Crippen LogP contribution in [-0.4, -0.2) is 201 Å². The Labute approximate surface area is 815 Å². The van der Waals surface area contributed by atoms with Crippen molar-refractivity contribution >= 4 is 23.6 Å². The van der Waals surface area contributed by atoms with Crippen molar-refractivity contribution in [1.82, 2.24) is 38.3 Å². The summed E-state index contributed by atoms with van der Waals surface area (Å²) in [6.45, 7) is 0.0560. The summed E-state index contributed by atoms with van der Waals surface area (Å²) < 4.78 is 162. The number of pyridine rings is 4. The minimum absolute atomic E-state index is 0.0177. The lowest BCUT2D eigenvalue weighted by molar-refractivity contribution is 0.0512. The summed E-state index contributed by atoms with van der Waals surface area (Å²) in [7, 11) is 4.45. The zero-order valence-corrected chi connectivity index (χ0v) is 77.1. The normalized spacial score (nSPS) is 20.7. The zero-order valence-electron chi connectivity index (χ0n) is 77.1. The molecule has 21 rings (SSSR count). The molecule has 8 bridgehead atoms. The molecule has 8 atom stereocenters. The van der Waals surface area contributed by atoms with E-state index in [1.54, 1.807) is 104 Å². The smallest absolute Gasteiger partial charge is 0.278 e. The SMILES string of the molecule is COC[C@@H]1/C=C/COc2c(ccc(F)c2F)[C@@H](c2ccccc2)N2CN1C(=O)c1c(O)c(=O)ccn12.COC[C@@H]1/C=C/COc2c(ccc(F)c2F)[C@H](c2ccccc2)N2CN1C(=O)c1c(O)c(=O)ccn12.COC[C@H]1/C=C/COc2c(ccc(F)c2F)[C@H](c2ccccc2)N2CN1C(=O)c1c(O)c(=O)ccn12.O=C1c2c(O)c(=O)ccn2N2CN1[C@H](C1CC1)/C=C/COc1c(ccc(F)c1F)[C@H]2c1ccccc1. The molecule has 31 nitrogen and oxygen atoms in total. The summed E-state index contributed by atoms with van der Waals surface area (Å²) in [5.41, 5.74) is 0.311. The molecule has 0 saturated heterocycles. The molecule has 0 radical (unpaired) electrons. The first-order valence-corrected chi connectivity index (χ1v) is 45.6. The molecule has 12 aromatic rings. The second kappa shape index (κ2) is 41.6. The average molecular weight is 1980 g/mol. The van der Waals surface area contributed by atoms with Crippen LogP contribution in [0, 0.1) is 52.5 Å². The van der Waals surface area contributed by atoms with E-state index in [-0.39, 0.29) is 131 Å². The minimum atomic E-state index is -1.14. The van der Waals surface area contributed by atoms with Crippen LogP contribution in [0.5, 0.6) is 46.0 Å². The largest absolute Gasteiger partial charge is 0.502 e. The van der Waals surface area contributed by atoms with E-state index in [0.29, 0.717) is 38.9 Å². The first kappa shape index (κ1) is 97.5. The van der Waals surface area contributed by atoms with Crippen LogP contribution in [-0.2, 0) is 14.2 Å². The number of aromatic nitrogens is 4. The summed E-state index contributed by atoms with van der Waals surface area (Å²) in [4.78, 5) is 110. The third-order valence-electron chi connectivity index (χ3n) is 25.9. The number of aromatic hydroxyl groups is 4. The number of carbonyl (C=O) groups is 4. The Kier molecular flexibility index (Phi) is 28.2. The second-order valence-electron chi connectivity index (χ2n) is 34.5. The fourth-order valence-electron chi connectivity index (χ4n) is 19.0. The first-order chi connectivity index (χ1) is 69.7. The molecule has 1 saturated carbocycles. The van der Waals surface area contributed by atoms with Crippen molar-refractivity contribution in [2.24, 2.45) is 5.92 Å². The van der Waals surface area contributed by atoms with Gasteiger partial charge in [-0.2, -0.15) is 17.6 Å². The lowest BCUT2D eigenvalue weighted by Gasteiger charge is -2.46. The molecule has 742 valence electrons. The van der Waals surface area contributed by atoms with Gasteiger partial charge in [0, 0.05) is 92.6 Å². The second-order valence-corrected chi connectivity index (χ2v) is 34.5. The first-order valence-electron chi connectivity index (χ1n) is 45.6. The molecule has 0 spiro atoms. The summed E-state index contributed by atoms with van der Waals surface area (Å²) in [6, 6.07) is 45.5. The molecule has 1 fully saturated rings. The Morgan fingerprint density at radius 2 is 0.528 bits per heavy atom. The molecule has 8 aromatic carbocycles. The number of rotatable bonds is 11. The van der Waals surface area contributed by atoms with Gasteiger partial charge in [0.2, 0.25) is 45.0 Å². The number of halogens is 8. The average Bonchev–Trinajstić information content (AvgIpc) is 1.41. The van der Waals surface area contributed by atoms with E-state index in [4.69, 9.17) is 33.2 Å². The highest BCUT2D eigenvalue weighted by Gasteiger charge is 2.49. The number of nitrogens with zero attached hydrogens (tertiary/aromatic N) is 12. The van der Waals surface area contributed by atoms with Crippen LogP contribution in [0.25, 0.3) is 0 Å². The molecule has 4 N–H and O–H groups in total. The van der Waals surface area contributed by atoms with Gasteiger partial charge in [-0.1, -0.05) is 146 Å². The molecule has 12 heterocycles. The minimum Gasteiger partial charge on any atom is -0.502 e. The molecule has 4 amide bonds. The maximum absolute atomic E-state index is 15.1. The van der Waals surface area contributed by atoms with E-state index < -0.39 is 157 Å². The van der Waals surface area contributed by atoms with Crippen molar-refractivity contribution in [3.05, 3.63) is 422 Å². The Hall–Kier alpha value is -16.7. The van der Waals surface area contributed by atoms with E-state index in [2.05, 4.69) is 0 Å². The lowest BCUT2D eigenvalue weighted by atomic mass is 9.96. The predicted molar refractivity (Wildman–Crippen MR) is 507 cm³/mol. The van der Waals surface area contributed by atoms with E-state index >= 15 is 17.6 Å². The maximum atomic E-state index is 15.1. The molecule has 4 aromatic heterocycles. The fraction of sp³-hybridized carbons (Fsp3) is 0.238. The number of hydrogen-bond donors (Lipinski definition) is 4. The van der Waals surface area contributed by atoms with Gasteiger partial charge in [0.25, 0.3) is 23.6 Å². The standard InChI is InChI=1S/C27H23F2N3O4.3C26H23F2N3O5/c28-19-11-10-18-23(17-5-2-1-3-6-17)32-15-30(27(35)24-25(34)21(33)12-13-31(24)32)20(16-8-9-16)7-4-14-36-26(18)22(19)29;3*1-35-14-17-8-5-13-36-25-18(9-10-19(27)21(25)28)22(16-6-3-2-4-7-16)31-15-29(17)26(34)23-24(33)20(32)11-12-30(23)31/h1-7,10-13,16,20,23,34H,8-9,14-15H2;3*2-12,17,22,33H,13-15H2,1H3/b7-4+;3*8-5+/t20-,23+;2*17-,22+;17-,22-/m0100/s1. The van der Waals surface area contributed by atoms with Gasteiger partial charge in [-0.3, -0.25) is 77.1 Å². The number of fused-ring (bicyclic) bond motifs is 20. The number of benzene rings is 8. The van der Waals surface area contributed by atoms with E-state index in [0.717, 1.165) is 60.9 Å². The number of ether oxygens (including phenoxy) is 7. The Bertz CT molecular complexity index is 6820. The van der Waals surface area contributed by atoms with Crippen molar-refractivity contribution in [1.29, 1.82) is 0 Å². The van der Waals surface area contributed by atoms with Crippen LogP contribution in [0.2, 0.25) is 0 Å². The van der Waals surface area contributed by atoms with Crippen LogP contribution >= 0.6 is 0 Å².